The molecule has 1 aromatic heterocycles. The molecule has 0 saturated heterocycles. The van der Waals surface area contributed by atoms with Crippen LogP contribution in [0.25, 0.3) is 0 Å². The molecule has 4 atom stereocenters. The number of aliphatic hydroxyl groups is 1. The summed E-state index contributed by atoms with van der Waals surface area (Å²) >= 11 is 1.60. The highest BCUT2D eigenvalue weighted by Crippen LogP contribution is 2.49. The third kappa shape index (κ3) is 3.35. The van der Waals surface area contributed by atoms with Gasteiger partial charge in [0.05, 0.1) is 23.4 Å². The van der Waals surface area contributed by atoms with Crippen molar-refractivity contribution in [2.75, 3.05) is 6.61 Å². The predicted octanol–water partition coefficient (Wildman–Crippen LogP) is 3.24. The van der Waals surface area contributed by atoms with E-state index in [1.807, 2.05) is 5.38 Å². The molecule has 1 amide bonds. The number of carbonyl (C=O) groups excluding carboxylic acids is 1. The lowest BCUT2D eigenvalue weighted by atomic mass is 9.86. The summed E-state index contributed by atoms with van der Waals surface area (Å²) in [5, 5.41) is 15.6. The van der Waals surface area contributed by atoms with E-state index in [9.17, 15) is 9.90 Å². The molecule has 5 heteroatoms. The van der Waals surface area contributed by atoms with Crippen LogP contribution in [-0.2, 0) is 4.79 Å². The first-order chi connectivity index (χ1) is 10.6. The van der Waals surface area contributed by atoms with E-state index >= 15 is 0 Å². The lowest BCUT2D eigenvalue weighted by Gasteiger charge is -2.22. The topological polar surface area (TPSA) is 62.2 Å². The van der Waals surface area contributed by atoms with Crippen LogP contribution in [0.3, 0.4) is 0 Å². The quantitative estimate of drug-likeness (QED) is 0.845. The van der Waals surface area contributed by atoms with E-state index in [4.69, 9.17) is 0 Å². The van der Waals surface area contributed by atoms with Crippen molar-refractivity contribution in [1.29, 1.82) is 0 Å². The molecule has 1 heterocycles. The zero-order valence-corrected chi connectivity index (χ0v) is 14.2. The van der Waals surface area contributed by atoms with Gasteiger partial charge in [-0.05, 0) is 37.0 Å². The lowest BCUT2D eigenvalue weighted by Crippen LogP contribution is -2.33. The average Bonchev–Trinajstić information content (AvgIpc) is 3.20. The normalized spacial score (nSPS) is 28.3. The number of hydrogen-bond acceptors (Lipinski definition) is 4. The van der Waals surface area contributed by atoms with Gasteiger partial charge in [-0.15, -0.1) is 11.3 Å². The van der Waals surface area contributed by atoms with Crippen LogP contribution in [0, 0.1) is 17.8 Å². The summed E-state index contributed by atoms with van der Waals surface area (Å²) in [5.41, 5.74) is 0.789. The highest BCUT2D eigenvalue weighted by atomic mass is 32.1. The minimum Gasteiger partial charge on any atom is -0.394 e. The number of rotatable bonds is 6. The second kappa shape index (κ2) is 6.67. The largest absolute Gasteiger partial charge is 0.394 e. The van der Waals surface area contributed by atoms with Crippen molar-refractivity contribution in [1.82, 2.24) is 10.3 Å². The van der Waals surface area contributed by atoms with E-state index in [1.54, 1.807) is 11.3 Å². The number of thiazole rings is 1. The molecule has 0 spiro atoms. The van der Waals surface area contributed by atoms with Gasteiger partial charge in [-0.3, -0.25) is 4.79 Å². The Morgan fingerprint density at radius 1 is 1.45 bits per heavy atom. The molecule has 0 aromatic carbocycles. The molecule has 2 N–H and O–H groups in total. The van der Waals surface area contributed by atoms with Crippen LogP contribution in [0.1, 0.15) is 68.6 Å². The van der Waals surface area contributed by atoms with Crippen LogP contribution in [0.4, 0.5) is 0 Å². The molecule has 3 rings (SSSR count). The fourth-order valence-corrected chi connectivity index (χ4v) is 4.95. The van der Waals surface area contributed by atoms with Crippen molar-refractivity contribution in [3.05, 3.63) is 16.1 Å². The zero-order valence-electron chi connectivity index (χ0n) is 13.4. The number of aliphatic hydroxyl groups excluding tert-OH is 1. The van der Waals surface area contributed by atoms with Crippen molar-refractivity contribution >= 4 is 17.2 Å². The maximum absolute atomic E-state index is 12.3. The minimum atomic E-state index is -0.366. The molecule has 2 fully saturated rings. The third-order valence-electron chi connectivity index (χ3n) is 5.24. The number of nitrogens with zero attached hydrogens (tertiary/aromatic N) is 1. The number of carbonyl (C=O) groups is 1. The Balaban J connectivity index is 1.56. The predicted molar refractivity (Wildman–Crippen MR) is 87.7 cm³/mol. The number of nitrogens with one attached hydrogen (secondary N) is 1. The zero-order chi connectivity index (χ0) is 15.7. The van der Waals surface area contributed by atoms with Gasteiger partial charge in [-0.25, -0.2) is 4.98 Å². The van der Waals surface area contributed by atoms with Crippen molar-refractivity contribution < 1.29 is 9.90 Å². The molecular formula is C17H26N2O2S. The molecule has 1 aromatic rings. The van der Waals surface area contributed by atoms with Crippen LogP contribution in [0.2, 0.25) is 0 Å². The van der Waals surface area contributed by atoms with Gasteiger partial charge in [0, 0.05) is 17.7 Å². The molecule has 2 bridgehead atoms. The van der Waals surface area contributed by atoms with Gasteiger partial charge in [0.1, 0.15) is 0 Å². The Labute approximate surface area is 136 Å². The van der Waals surface area contributed by atoms with Gasteiger partial charge in [0.2, 0.25) is 5.91 Å². The van der Waals surface area contributed by atoms with Crippen LogP contribution < -0.4 is 5.32 Å². The van der Waals surface area contributed by atoms with E-state index in [0.29, 0.717) is 18.3 Å². The minimum absolute atomic E-state index is 0.0655. The molecule has 2 saturated carbocycles. The molecule has 2 aliphatic carbocycles. The van der Waals surface area contributed by atoms with E-state index in [0.717, 1.165) is 22.5 Å². The number of amides is 1. The Hall–Kier alpha value is -0.940. The van der Waals surface area contributed by atoms with Crippen molar-refractivity contribution in [3.8, 4) is 0 Å². The van der Waals surface area contributed by atoms with E-state index in [-0.39, 0.29) is 18.6 Å². The maximum Gasteiger partial charge on any atom is 0.220 e. The Morgan fingerprint density at radius 2 is 2.27 bits per heavy atom. The van der Waals surface area contributed by atoms with E-state index < -0.39 is 0 Å². The molecular weight excluding hydrogens is 296 g/mol. The average molecular weight is 322 g/mol. The Bertz CT molecular complexity index is 528. The summed E-state index contributed by atoms with van der Waals surface area (Å²) in [6.07, 6.45) is 5.81. The first kappa shape index (κ1) is 15.9. The van der Waals surface area contributed by atoms with Crippen LogP contribution in [-0.4, -0.2) is 22.6 Å². The highest BCUT2D eigenvalue weighted by molar-refractivity contribution is 7.09. The molecule has 4 nitrogen and oxygen atoms in total. The highest BCUT2D eigenvalue weighted by Gasteiger charge is 2.40. The van der Waals surface area contributed by atoms with Gasteiger partial charge in [0.25, 0.3) is 0 Å². The summed E-state index contributed by atoms with van der Waals surface area (Å²) in [6.45, 7) is 4.11. The van der Waals surface area contributed by atoms with Crippen LogP contribution in [0.5, 0.6) is 0 Å². The van der Waals surface area contributed by atoms with E-state index in [2.05, 4.69) is 24.1 Å². The lowest BCUT2D eigenvalue weighted by molar-refractivity contribution is -0.123. The first-order valence-electron chi connectivity index (χ1n) is 8.42. The van der Waals surface area contributed by atoms with Crippen LogP contribution >= 0.6 is 11.3 Å². The maximum atomic E-state index is 12.3. The molecule has 22 heavy (non-hydrogen) atoms. The smallest absolute Gasteiger partial charge is 0.220 e. The SMILES string of the molecule is CC(C)c1nc(C(CO)NC(=O)CC2CC3CCC2C3)cs1. The fraction of sp³-hybridized carbons (Fsp3) is 0.765. The number of fused-ring (bicyclic) bond motifs is 2. The summed E-state index contributed by atoms with van der Waals surface area (Å²) in [4.78, 5) is 16.9. The molecule has 2 aliphatic rings. The van der Waals surface area contributed by atoms with Crippen molar-refractivity contribution in [2.45, 2.75) is 57.9 Å². The first-order valence-corrected chi connectivity index (χ1v) is 9.30. The second-order valence-electron chi connectivity index (χ2n) is 7.21. The molecule has 4 unspecified atom stereocenters. The van der Waals surface area contributed by atoms with Gasteiger partial charge in [-0.2, -0.15) is 0 Å². The van der Waals surface area contributed by atoms with Gasteiger partial charge in [0.15, 0.2) is 0 Å². The number of aromatic nitrogens is 1. The second-order valence-corrected chi connectivity index (χ2v) is 8.10. The summed E-state index contributed by atoms with van der Waals surface area (Å²) in [7, 11) is 0. The molecule has 0 aliphatic heterocycles. The Morgan fingerprint density at radius 3 is 2.82 bits per heavy atom. The molecule has 0 radical (unpaired) electrons. The van der Waals surface area contributed by atoms with Crippen LogP contribution in [0.15, 0.2) is 5.38 Å². The van der Waals surface area contributed by atoms with Gasteiger partial charge >= 0.3 is 0 Å². The van der Waals surface area contributed by atoms with Gasteiger partial charge < -0.3 is 10.4 Å². The van der Waals surface area contributed by atoms with Crippen molar-refractivity contribution in [3.63, 3.8) is 0 Å². The standard InChI is InChI=1S/C17H26N2O2S/c1-10(2)17-19-15(9-22-17)14(8-20)18-16(21)7-13-6-11-3-4-12(13)5-11/h9-14,20H,3-8H2,1-2H3,(H,18,21). The summed E-state index contributed by atoms with van der Waals surface area (Å²) < 4.78 is 0. The summed E-state index contributed by atoms with van der Waals surface area (Å²) in [6, 6.07) is -0.366. The molecule has 122 valence electrons. The van der Waals surface area contributed by atoms with E-state index in [1.165, 1.54) is 25.7 Å². The van der Waals surface area contributed by atoms with Crippen molar-refractivity contribution in [2.24, 2.45) is 17.8 Å². The van der Waals surface area contributed by atoms with Gasteiger partial charge in [-0.1, -0.05) is 20.3 Å². The summed E-state index contributed by atoms with van der Waals surface area (Å²) in [5.74, 6) is 2.62. The number of hydrogen-bond donors (Lipinski definition) is 2. The third-order valence-corrected chi connectivity index (χ3v) is 6.40. The monoisotopic (exact) mass is 322 g/mol. The Kier molecular flexibility index (Phi) is 4.83. The fourth-order valence-electron chi connectivity index (χ4n) is 4.06.